The molecule has 2 aromatic rings. The average Bonchev–Trinajstić information content (AvgIpc) is 2.83. The van der Waals surface area contributed by atoms with Crippen LogP contribution in [0, 0.1) is 0 Å². The number of carbonyl (C=O) groups excluding carboxylic acids is 1. The Balaban J connectivity index is 1.67. The molecule has 1 fully saturated rings. The Morgan fingerprint density at radius 2 is 1.67 bits per heavy atom. The number of rotatable bonds is 4. The van der Waals surface area contributed by atoms with Crippen LogP contribution in [0.4, 0.5) is 13.2 Å². The van der Waals surface area contributed by atoms with Crippen molar-refractivity contribution in [2.45, 2.75) is 23.9 Å². The smallest absolute Gasteiger partial charge is 0.416 e. The normalized spacial score (nSPS) is 20.7. The van der Waals surface area contributed by atoms with Crippen molar-refractivity contribution in [3.8, 4) is 11.5 Å². The molecule has 1 amide bonds. The van der Waals surface area contributed by atoms with Crippen molar-refractivity contribution in [2.24, 2.45) is 5.73 Å². The van der Waals surface area contributed by atoms with E-state index in [4.69, 9.17) is 10.5 Å². The van der Waals surface area contributed by atoms with Gasteiger partial charge in [-0.2, -0.15) is 13.2 Å². The van der Waals surface area contributed by atoms with Crippen LogP contribution < -0.4 is 15.8 Å². The van der Waals surface area contributed by atoms with Gasteiger partial charge in [-0.15, -0.1) is 11.8 Å². The molecule has 1 aliphatic heterocycles. The molecule has 0 aromatic heterocycles. The topological polar surface area (TPSA) is 64.3 Å². The van der Waals surface area contributed by atoms with Gasteiger partial charge in [-0.25, -0.2) is 0 Å². The first-order chi connectivity index (χ1) is 12.9. The molecule has 1 saturated heterocycles. The molecule has 27 heavy (non-hydrogen) atoms. The summed E-state index contributed by atoms with van der Waals surface area (Å²) >= 11 is 1.56. The molecule has 3 N–H and O–H groups in total. The number of benzene rings is 2. The maximum Gasteiger partial charge on any atom is 0.416 e. The molecular weight excluding hydrogens is 377 g/mol. The van der Waals surface area contributed by atoms with Gasteiger partial charge in [0.1, 0.15) is 16.7 Å². The van der Waals surface area contributed by atoms with Crippen molar-refractivity contribution >= 4 is 17.7 Å². The minimum atomic E-state index is -4.37. The zero-order chi connectivity index (χ0) is 19.4. The van der Waals surface area contributed by atoms with Gasteiger partial charge in [-0.1, -0.05) is 12.1 Å². The molecule has 4 nitrogen and oxygen atoms in total. The number of carbonyl (C=O) groups is 1. The number of alkyl halides is 3. The van der Waals surface area contributed by atoms with Gasteiger partial charge in [-0.05, 0) is 54.1 Å². The van der Waals surface area contributed by atoms with E-state index in [9.17, 15) is 18.0 Å². The van der Waals surface area contributed by atoms with E-state index in [0.29, 0.717) is 18.0 Å². The summed E-state index contributed by atoms with van der Waals surface area (Å²) in [6, 6.07) is 11.5. The molecule has 0 unspecified atom stereocenters. The van der Waals surface area contributed by atoms with Crippen LogP contribution in [0.5, 0.6) is 11.5 Å². The highest BCUT2D eigenvalue weighted by Gasteiger charge is 2.30. The standard InChI is InChI=1S/C19H19F3N2O2S/c20-19(21,22)13-3-7-16(8-4-13)26-15-5-1-12(2-6-15)17-18(25)24-14(11-23)9-10-27-17/h1-8,14,17H,9-11,23H2,(H,24,25)/t14-,17+/m0/s1. The number of hydrogen-bond acceptors (Lipinski definition) is 4. The highest BCUT2D eigenvalue weighted by Crippen LogP contribution is 2.34. The molecule has 0 saturated carbocycles. The summed E-state index contributed by atoms with van der Waals surface area (Å²) in [4.78, 5) is 12.4. The quantitative estimate of drug-likeness (QED) is 0.816. The number of nitrogens with two attached hydrogens (primary N) is 1. The zero-order valence-electron chi connectivity index (χ0n) is 14.3. The number of hydrogen-bond donors (Lipinski definition) is 2. The van der Waals surface area contributed by atoms with Crippen LogP contribution in [0.3, 0.4) is 0 Å². The molecule has 8 heteroatoms. The summed E-state index contributed by atoms with van der Waals surface area (Å²) in [5, 5.41) is 2.62. The van der Waals surface area contributed by atoms with Gasteiger partial charge in [0.15, 0.2) is 0 Å². The molecular formula is C19H19F3N2O2S. The lowest BCUT2D eigenvalue weighted by atomic mass is 10.1. The van der Waals surface area contributed by atoms with Gasteiger partial charge >= 0.3 is 6.18 Å². The third-order valence-electron chi connectivity index (χ3n) is 4.22. The number of nitrogens with one attached hydrogen (secondary N) is 1. The second-order valence-electron chi connectivity index (χ2n) is 6.17. The maximum absolute atomic E-state index is 12.6. The Kier molecular flexibility index (Phi) is 5.96. The van der Waals surface area contributed by atoms with Crippen molar-refractivity contribution in [3.63, 3.8) is 0 Å². The fourth-order valence-corrected chi connectivity index (χ4v) is 3.96. The monoisotopic (exact) mass is 396 g/mol. The summed E-state index contributed by atoms with van der Waals surface area (Å²) in [5.74, 6) is 1.56. The van der Waals surface area contributed by atoms with Crippen LogP contribution in [-0.4, -0.2) is 24.2 Å². The van der Waals surface area contributed by atoms with E-state index < -0.39 is 11.7 Å². The number of thioether (sulfide) groups is 1. The first-order valence-corrected chi connectivity index (χ1v) is 9.49. The first kappa shape index (κ1) is 19.6. The predicted molar refractivity (Wildman–Crippen MR) is 98.8 cm³/mol. The average molecular weight is 396 g/mol. The van der Waals surface area contributed by atoms with Crippen LogP contribution in [0.2, 0.25) is 0 Å². The summed E-state index contributed by atoms with van der Waals surface area (Å²) in [7, 11) is 0. The van der Waals surface area contributed by atoms with Crippen molar-refractivity contribution in [2.75, 3.05) is 12.3 Å². The molecule has 2 aromatic carbocycles. The molecule has 0 aliphatic carbocycles. The second-order valence-corrected chi connectivity index (χ2v) is 7.39. The molecule has 2 atom stereocenters. The van der Waals surface area contributed by atoms with Crippen molar-refractivity contribution in [1.82, 2.24) is 5.32 Å². The summed E-state index contributed by atoms with van der Waals surface area (Å²) < 4.78 is 43.4. The van der Waals surface area contributed by atoms with E-state index in [0.717, 1.165) is 29.9 Å². The third kappa shape index (κ3) is 4.95. The van der Waals surface area contributed by atoms with Gasteiger partial charge in [0, 0.05) is 12.6 Å². The highest BCUT2D eigenvalue weighted by atomic mass is 32.2. The summed E-state index contributed by atoms with van der Waals surface area (Å²) in [6.45, 7) is 0.416. The summed E-state index contributed by atoms with van der Waals surface area (Å²) in [5.41, 5.74) is 5.76. The van der Waals surface area contributed by atoms with E-state index in [-0.39, 0.29) is 17.2 Å². The number of amides is 1. The van der Waals surface area contributed by atoms with Gasteiger partial charge in [0.2, 0.25) is 5.91 Å². The summed E-state index contributed by atoms with van der Waals surface area (Å²) in [6.07, 6.45) is -3.54. The fourth-order valence-electron chi connectivity index (χ4n) is 2.74. The third-order valence-corrected chi connectivity index (χ3v) is 5.51. The zero-order valence-corrected chi connectivity index (χ0v) is 15.1. The molecule has 1 heterocycles. The van der Waals surface area contributed by atoms with E-state index in [1.54, 1.807) is 36.0 Å². The lowest BCUT2D eigenvalue weighted by molar-refractivity contribution is -0.137. The number of halogens is 3. The Labute approximate surface area is 159 Å². The Morgan fingerprint density at radius 3 is 2.22 bits per heavy atom. The minimum absolute atomic E-state index is 0.00252. The lowest BCUT2D eigenvalue weighted by Crippen LogP contribution is -2.40. The molecule has 0 bridgehead atoms. The van der Waals surface area contributed by atoms with Gasteiger partial charge < -0.3 is 15.8 Å². The Hall–Kier alpha value is -2.19. The largest absolute Gasteiger partial charge is 0.457 e. The lowest BCUT2D eigenvalue weighted by Gasteiger charge is -2.16. The first-order valence-electron chi connectivity index (χ1n) is 8.44. The van der Waals surface area contributed by atoms with Crippen LogP contribution in [0.25, 0.3) is 0 Å². The minimum Gasteiger partial charge on any atom is -0.457 e. The van der Waals surface area contributed by atoms with E-state index in [1.807, 2.05) is 0 Å². The van der Waals surface area contributed by atoms with Crippen LogP contribution >= 0.6 is 11.8 Å². The van der Waals surface area contributed by atoms with Crippen LogP contribution in [-0.2, 0) is 11.0 Å². The van der Waals surface area contributed by atoms with Crippen molar-refractivity contribution in [3.05, 3.63) is 59.7 Å². The van der Waals surface area contributed by atoms with Crippen LogP contribution in [0.15, 0.2) is 48.5 Å². The molecule has 144 valence electrons. The second kappa shape index (κ2) is 8.22. The Bertz CT molecular complexity index is 779. The predicted octanol–water partition coefficient (Wildman–Crippen LogP) is 4.12. The van der Waals surface area contributed by atoms with Crippen molar-refractivity contribution in [1.29, 1.82) is 0 Å². The fraction of sp³-hybridized carbons (Fsp3) is 0.316. The van der Waals surface area contributed by atoms with E-state index in [2.05, 4.69) is 5.32 Å². The van der Waals surface area contributed by atoms with E-state index in [1.165, 1.54) is 12.1 Å². The molecule has 1 aliphatic rings. The van der Waals surface area contributed by atoms with Gasteiger partial charge in [0.25, 0.3) is 0 Å². The van der Waals surface area contributed by atoms with E-state index >= 15 is 0 Å². The van der Waals surface area contributed by atoms with Gasteiger partial charge in [0.05, 0.1) is 5.56 Å². The highest BCUT2D eigenvalue weighted by molar-refractivity contribution is 8.00. The van der Waals surface area contributed by atoms with Crippen molar-refractivity contribution < 1.29 is 22.7 Å². The molecule has 0 radical (unpaired) electrons. The molecule has 3 rings (SSSR count). The number of ether oxygens (including phenoxy) is 1. The SMILES string of the molecule is NC[C@@H]1CCS[C@H](c2ccc(Oc3ccc(C(F)(F)F)cc3)cc2)C(=O)N1. The van der Waals surface area contributed by atoms with Crippen LogP contribution in [0.1, 0.15) is 22.8 Å². The van der Waals surface area contributed by atoms with Gasteiger partial charge in [-0.3, -0.25) is 4.79 Å². The molecule has 0 spiro atoms. The maximum atomic E-state index is 12.6. The Morgan fingerprint density at radius 1 is 1.07 bits per heavy atom.